The summed E-state index contributed by atoms with van der Waals surface area (Å²) in [6, 6.07) is 0. The van der Waals surface area contributed by atoms with Crippen molar-refractivity contribution in [1.29, 1.82) is 0 Å². The fourth-order valence-electron chi connectivity index (χ4n) is 1.56. The topological polar surface area (TPSA) is 46.1 Å². The second kappa shape index (κ2) is 27.5. The smallest absolute Gasteiger partial charge is 0.850 e. The predicted molar refractivity (Wildman–Crippen MR) is 99.1 cm³/mol. The Morgan fingerprint density at radius 1 is 0.773 bits per heavy atom. The van der Waals surface area contributed by atoms with Gasteiger partial charge in [-0.1, -0.05) is 78.1 Å². The molecule has 0 N–H and O–H groups in total. The molecular weight excluding hydrogens is 415 g/mol. The van der Waals surface area contributed by atoms with Gasteiger partial charge >= 0.3 is 21.1 Å². The Kier molecular flexibility index (Phi) is 39.2. The Balaban J connectivity index is -0.000000111. The van der Waals surface area contributed by atoms with Crippen molar-refractivity contribution >= 4 is 29.7 Å². The first-order chi connectivity index (χ1) is 9.83. The molecule has 135 valence electrons. The Hall–Kier alpha value is 1.61. The fourth-order valence-corrected chi connectivity index (χ4v) is 1.56. The Morgan fingerprint density at radius 2 is 1.00 bits per heavy atom. The van der Waals surface area contributed by atoms with E-state index in [1.165, 1.54) is 64.2 Å². The Bertz CT molecular complexity index is 182. The van der Waals surface area contributed by atoms with Crippen LogP contribution in [0.5, 0.6) is 0 Å². The van der Waals surface area contributed by atoms with Crippen molar-refractivity contribution in [3.05, 3.63) is 13.8 Å². The third-order valence-electron chi connectivity index (χ3n) is 2.71. The van der Waals surface area contributed by atoms with Crippen molar-refractivity contribution < 1.29 is 30.9 Å². The van der Waals surface area contributed by atoms with Gasteiger partial charge in [-0.15, -0.1) is 0 Å². The molecule has 0 heterocycles. The third kappa shape index (κ3) is 68.1. The van der Waals surface area contributed by atoms with Crippen LogP contribution >= 0.6 is 5.69 Å². The van der Waals surface area contributed by atoms with Crippen molar-refractivity contribution in [3.63, 3.8) is 0 Å². The summed E-state index contributed by atoms with van der Waals surface area (Å²) in [5.74, 6) is 0. The van der Waals surface area contributed by atoms with Crippen LogP contribution in [0.1, 0.15) is 90.9 Å². The van der Waals surface area contributed by atoms with E-state index in [9.17, 15) is 9.79 Å². The average Bonchev–Trinajstić information content (AvgIpc) is 2.39. The molecular formula is C16H34MoO2PS2-2. The van der Waals surface area contributed by atoms with Crippen LogP contribution < -0.4 is 9.79 Å². The second-order valence-corrected chi connectivity index (χ2v) is 9.45. The van der Waals surface area contributed by atoms with E-state index in [0.717, 1.165) is 12.8 Å². The zero-order valence-corrected chi connectivity index (χ0v) is 18.9. The van der Waals surface area contributed by atoms with Crippen LogP contribution in [-0.4, -0.2) is 0 Å². The van der Waals surface area contributed by atoms with E-state index in [-0.39, 0.29) is 21.1 Å². The molecule has 2 nitrogen and oxygen atoms in total. The second-order valence-electron chi connectivity index (χ2n) is 4.98. The quantitative estimate of drug-likeness (QED) is 0.157. The normalized spacial score (nSPS) is 9.77. The fraction of sp³-hybridized carbons (Fsp3) is 0.875. The standard InChI is InChI=1S/2C8H17.Mo.H3O2PS2/c2*1-3-5-7-8-6-4-2;;1-3(2,4)5/h2*1,3-8H2,2H3;;(H3,1,2,4,5)/q2*-1;+3;/p-3. The summed E-state index contributed by atoms with van der Waals surface area (Å²) in [5, 5.41) is 0. The van der Waals surface area contributed by atoms with Crippen molar-refractivity contribution in [2.24, 2.45) is 0 Å². The van der Waals surface area contributed by atoms with Crippen LogP contribution in [0.3, 0.4) is 0 Å². The van der Waals surface area contributed by atoms with E-state index in [0.29, 0.717) is 0 Å². The monoisotopic (exact) mass is 451 g/mol. The first kappa shape index (κ1) is 31.4. The van der Waals surface area contributed by atoms with E-state index in [1.54, 1.807) is 0 Å². The molecule has 0 saturated carbocycles. The van der Waals surface area contributed by atoms with Gasteiger partial charge in [-0.3, -0.25) is 0 Å². The molecule has 0 fully saturated rings. The molecule has 0 aliphatic rings. The molecule has 0 atom stereocenters. The molecule has 6 heteroatoms. The van der Waals surface area contributed by atoms with E-state index >= 15 is 0 Å². The van der Waals surface area contributed by atoms with Gasteiger partial charge in [0.15, 0.2) is 0 Å². The number of unbranched alkanes of at least 4 members (excludes halogenated alkanes) is 10. The minimum Gasteiger partial charge on any atom is -0.850 e. The molecule has 22 heavy (non-hydrogen) atoms. The van der Waals surface area contributed by atoms with Crippen LogP contribution in [0, 0.1) is 13.8 Å². The van der Waals surface area contributed by atoms with Gasteiger partial charge in [0.25, 0.3) is 0 Å². The Labute approximate surface area is 164 Å². The van der Waals surface area contributed by atoms with Crippen LogP contribution in [0.2, 0.25) is 0 Å². The van der Waals surface area contributed by atoms with Gasteiger partial charge in [0.1, 0.15) is 0 Å². The van der Waals surface area contributed by atoms with Crippen molar-refractivity contribution in [2.45, 2.75) is 90.9 Å². The molecule has 0 amide bonds. The maximum absolute atomic E-state index is 9.29. The first-order valence-electron chi connectivity index (χ1n) is 8.14. The van der Waals surface area contributed by atoms with E-state index < -0.39 is 5.69 Å². The average molecular weight is 449 g/mol. The molecule has 0 spiro atoms. The summed E-state index contributed by atoms with van der Waals surface area (Å²) < 4.78 is 0. The Morgan fingerprint density at radius 3 is 1.18 bits per heavy atom. The SMILES string of the molecule is [CH2-]CCCCCCC.[CH2-]CCCCCCC.[Mo+3].[O-]P([O-])(=S)[S-]. The van der Waals surface area contributed by atoms with E-state index in [1.807, 2.05) is 0 Å². The summed E-state index contributed by atoms with van der Waals surface area (Å²) in [7, 11) is 0. The zero-order valence-electron chi connectivity index (χ0n) is 14.4. The van der Waals surface area contributed by atoms with Crippen LogP contribution in [0.25, 0.3) is 0 Å². The van der Waals surface area contributed by atoms with Gasteiger partial charge in [0.05, 0.1) is 0 Å². The van der Waals surface area contributed by atoms with E-state index in [4.69, 9.17) is 0 Å². The van der Waals surface area contributed by atoms with Gasteiger partial charge in [-0.25, -0.2) is 0 Å². The molecule has 1 radical (unpaired) electrons. The van der Waals surface area contributed by atoms with E-state index in [2.05, 4.69) is 51.8 Å². The predicted octanol–water partition coefficient (Wildman–Crippen LogP) is 4.84. The summed E-state index contributed by atoms with van der Waals surface area (Å²) in [4.78, 5) is 18.6. The summed E-state index contributed by atoms with van der Waals surface area (Å²) in [5.41, 5.74) is -3.72. The van der Waals surface area contributed by atoms with Gasteiger partial charge in [0, 0.05) is 0 Å². The van der Waals surface area contributed by atoms with Gasteiger partial charge in [0.2, 0.25) is 0 Å². The summed E-state index contributed by atoms with van der Waals surface area (Å²) >= 11 is 7.28. The number of hydrogen-bond donors (Lipinski definition) is 0. The maximum atomic E-state index is 9.29. The molecule has 0 aliphatic carbocycles. The minimum atomic E-state index is -3.72. The zero-order chi connectivity index (χ0) is 17.0. The molecule has 0 saturated heterocycles. The first-order valence-corrected chi connectivity index (χ1v) is 11.8. The van der Waals surface area contributed by atoms with Crippen molar-refractivity contribution in [2.75, 3.05) is 0 Å². The molecule has 0 aromatic rings. The summed E-state index contributed by atoms with van der Waals surface area (Å²) in [6.45, 7) is 12.0. The number of rotatable bonds is 10. The molecule has 0 rings (SSSR count). The summed E-state index contributed by atoms with van der Waals surface area (Å²) in [6.07, 6.45) is 16.0. The maximum Gasteiger partial charge on any atom is 3.00 e. The van der Waals surface area contributed by atoms with Gasteiger partial charge in [-0.2, -0.15) is 24.6 Å². The van der Waals surface area contributed by atoms with Crippen molar-refractivity contribution in [3.8, 4) is 0 Å². The van der Waals surface area contributed by atoms with Gasteiger partial charge in [-0.05, 0) is 0 Å². The molecule has 0 aromatic heterocycles. The molecule has 0 aliphatic heterocycles. The number of hydrogen-bond acceptors (Lipinski definition) is 4. The van der Waals surface area contributed by atoms with Crippen molar-refractivity contribution in [1.82, 2.24) is 0 Å². The van der Waals surface area contributed by atoms with Crippen LogP contribution in [-0.2, 0) is 45.1 Å². The molecule has 0 aromatic carbocycles. The molecule has 0 bridgehead atoms. The minimum absolute atomic E-state index is 0. The molecule has 0 unspecified atom stereocenters. The van der Waals surface area contributed by atoms with Crippen LogP contribution in [0.4, 0.5) is 0 Å². The van der Waals surface area contributed by atoms with Crippen LogP contribution in [0.15, 0.2) is 0 Å². The van der Waals surface area contributed by atoms with Gasteiger partial charge < -0.3 is 41.6 Å². The largest absolute Gasteiger partial charge is 3.00 e. The third-order valence-corrected chi connectivity index (χ3v) is 2.71.